The first-order valence-electron chi connectivity index (χ1n) is 8.40. The van der Waals surface area contributed by atoms with Gasteiger partial charge in [0.2, 0.25) is 5.78 Å². The zero-order chi connectivity index (χ0) is 18.0. The Labute approximate surface area is 150 Å². The number of rotatable bonds is 6. The van der Waals surface area contributed by atoms with Crippen LogP contribution in [0, 0.1) is 6.92 Å². The summed E-state index contributed by atoms with van der Waals surface area (Å²) in [4.78, 5) is 28.7. The molecule has 0 spiro atoms. The molecule has 3 aromatic rings. The zero-order valence-corrected chi connectivity index (χ0v) is 15.1. The van der Waals surface area contributed by atoms with Crippen LogP contribution in [0.25, 0.3) is 17.0 Å². The second-order valence-electron chi connectivity index (χ2n) is 6.08. The topological polar surface area (TPSA) is 56.4 Å². The predicted molar refractivity (Wildman–Crippen MR) is 99.5 cm³/mol. The minimum atomic E-state index is -0.332. The Kier molecular flexibility index (Phi) is 5.04. The third-order valence-corrected chi connectivity index (χ3v) is 4.67. The molecule has 0 N–H and O–H groups in total. The maximum absolute atomic E-state index is 12.6. The van der Waals surface area contributed by atoms with Gasteiger partial charge in [0, 0.05) is 29.0 Å². The highest BCUT2D eigenvalue weighted by Gasteiger charge is 2.16. The van der Waals surface area contributed by atoms with E-state index in [2.05, 4.69) is 11.9 Å². The van der Waals surface area contributed by atoms with E-state index in [4.69, 9.17) is 11.6 Å². The Morgan fingerprint density at radius 2 is 1.92 bits per heavy atom. The third kappa shape index (κ3) is 3.24. The van der Waals surface area contributed by atoms with Crippen LogP contribution in [0.1, 0.15) is 42.2 Å². The summed E-state index contributed by atoms with van der Waals surface area (Å²) >= 11 is 5.94. The quantitative estimate of drug-likeness (QED) is 0.492. The number of aryl methyl sites for hydroxylation is 1. The van der Waals surface area contributed by atoms with E-state index < -0.39 is 0 Å². The van der Waals surface area contributed by atoms with Crippen LogP contribution in [0.15, 0.2) is 35.3 Å². The van der Waals surface area contributed by atoms with Gasteiger partial charge in [-0.3, -0.25) is 14.0 Å². The van der Waals surface area contributed by atoms with Gasteiger partial charge in [-0.15, -0.1) is 0 Å². The SMILES string of the molecule is CCCCCn1c(C)c(C=O)c(=O)n2cc(-c3ccc(Cl)cc3)nc12. The number of nitrogens with zero attached hydrogens (tertiary/aromatic N) is 3. The average molecular weight is 358 g/mol. The molecular weight excluding hydrogens is 338 g/mol. The maximum Gasteiger partial charge on any atom is 0.269 e. The van der Waals surface area contributed by atoms with Crippen molar-refractivity contribution >= 4 is 23.7 Å². The minimum absolute atomic E-state index is 0.184. The molecule has 0 amide bonds. The first kappa shape index (κ1) is 17.4. The van der Waals surface area contributed by atoms with Gasteiger partial charge in [-0.1, -0.05) is 43.5 Å². The summed E-state index contributed by atoms with van der Waals surface area (Å²) in [6, 6.07) is 7.31. The summed E-state index contributed by atoms with van der Waals surface area (Å²) in [6.07, 6.45) is 5.47. The van der Waals surface area contributed by atoms with Crippen molar-refractivity contribution in [2.75, 3.05) is 0 Å². The number of halogens is 1. The lowest BCUT2D eigenvalue weighted by molar-refractivity contribution is 0.112. The van der Waals surface area contributed by atoms with Crippen LogP contribution in [-0.4, -0.2) is 20.2 Å². The lowest BCUT2D eigenvalue weighted by atomic mass is 10.2. The molecule has 5 nitrogen and oxygen atoms in total. The van der Waals surface area contributed by atoms with Crippen LogP contribution >= 0.6 is 11.6 Å². The lowest BCUT2D eigenvalue weighted by Gasteiger charge is -2.13. The smallest absolute Gasteiger partial charge is 0.269 e. The second-order valence-corrected chi connectivity index (χ2v) is 6.52. The van der Waals surface area contributed by atoms with E-state index in [1.54, 1.807) is 25.3 Å². The Morgan fingerprint density at radius 3 is 2.56 bits per heavy atom. The molecular formula is C19H20ClN3O2. The molecule has 0 aliphatic rings. The van der Waals surface area contributed by atoms with Crippen LogP contribution in [0.5, 0.6) is 0 Å². The normalized spacial score (nSPS) is 11.2. The van der Waals surface area contributed by atoms with Crippen molar-refractivity contribution in [1.29, 1.82) is 0 Å². The standard InChI is InChI=1S/C19H20ClN3O2/c1-3-4-5-10-22-13(2)16(12-24)18(25)23-11-17(21-19(22)23)14-6-8-15(20)9-7-14/h6-9,11-12H,3-5,10H2,1-2H3. The highest BCUT2D eigenvalue weighted by molar-refractivity contribution is 6.30. The predicted octanol–water partition coefficient (Wildman–Crippen LogP) is 4.13. The van der Waals surface area contributed by atoms with Gasteiger partial charge in [0.05, 0.1) is 11.3 Å². The molecule has 0 aliphatic carbocycles. The van der Waals surface area contributed by atoms with E-state index in [-0.39, 0.29) is 11.1 Å². The Hall–Kier alpha value is -2.40. The van der Waals surface area contributed by atoms with Crippen LogP contribution in [0.2, 0.25) is 5.02 Å². The van der Waals surface area contributed by atoms with Gasteiger partial charge in [0.15, 0.2) is 6.29 Å². The number of benzene rings is 1. The number of hydrogen-bond donors (Lipinski definition) is 0. The fourth-order valence-electron chi connectivity index (χ4n) is 2.97. The summed E-state index contributed by atoms with van der Waals surface area (Å²) in [6.45, 7) is 4.66. The van der Waals surface area contributed by atoms with E-state index >= 15 is 0 Å². The second kappa shape index (κ2) is 7.23. The number of fused-ring (bicyclic) bond motifs is 1. The van der Waals surface area contributed by atoms with E-state index in [9.17, 15) is 9.59 Å². The molecule has 6 heteroatoms. The molecule has 0 radical (unpaired) electrons. The summed E-state index contributed by atoms with van der Waals surface area (Å²) in [5.74, 6) is 0.564. The molecule has 130 valence electrons. The number of carbonyl (C=O) groups excluding carboxylic acids is 1. The summed E-state index contributed by atoms with van der Waals surface area (Å²) in [5.41, 5.74) is 2.07. The molecule has 25 heavy (non-hydrogen) atoms. The Balaban J connectivity index is 2.20. The monoisotopic (exact) mass is 357 g/mol. The number of carbonyl (C=O) groups is 1. The third-order valence-electron chi connectivity index (χ3n) is 4.42. The van der Waals surface area contributed by atoms with E-state index in [1.165, 1.54) is 4.40 Å². The van der Waals surface area contributed by atoms with Gasteiger partial charge in [-0.2, -0.15) is 0 Å². The van der Waals surface area contributed by atoms with Crippen LogP contribution < -0.4 is 5.56 Å². The van der Waals surface area contributed by atoms with Gasteiger partial charge in [0.25, 0.3) is 5.56 Å². The fourth-order valence-corrected chi connectivity index (χ4v) is 3.10. The van der Waals surface area contributed by atoms with E-state index in [0.29, 0.717) is 28.5 Å². The van der Waals surface area contributed by atoms with Crippen molar-refractivity contribution in [3.63, 3.8) is 0 Å². The van der Waals surface area contributed by atoms with Crippen molar-refractivity contribution in [2.24, 2.45) is 0 Å². The molecule has 1 aromatic carbocycles. The molecule has 2 heterocycles. The van der Waals surface area contributed by atoms with Gasteiger partial charge in [0.1, 0.15) is 0 Å². The number of hydrogen-bond acceptors (Lipinski definition) is 3. The molecule has 3 rings (SSSR count). The first-order valence-corrected chi connectivity index (χ1v) is 8.78. The van der Waals surface area contributed by atoms with Gasteiger partial charge in [-0.05, 0) is 25.5 Å². The number of unbranched alkanes of at least 4 members (excludes halogenated alkanes) is 2. The highest BCUT2D eigenvalue weighted by Crippen LogP contribution is 2.22. The van der Waals surface area contributed by atoms with Crippen LogP contribution in [0.3, 0.4) is 0 Å². The molecule has 0 aliphatic heterocycles. The molecule has 0 saturated carbocycles. The Bertz CT molecular complexity index is 971. The molecule has 0 unspecified atom stereocenters. The molecule has 0 bridgehead atoms. The minimum Gasteiger partial charge on any atom is -0.315 e. The van der Waals surface area contributed by atoms with Crippen molar-refractivity contribution < 1.29 is 4.79 Å². The van der Waals surface area contributed by atoms with Crippen molar-refractivity contribution in [3.8, 4) is 11.3 Å². The first-order chi connectivity index (χ1) is 12.1. The summed E-state index contributed by atoms with van der Waals surface area (Å²) in [5, 5.41) is 0.644. The molecule has 2 aromatic heterocycles. The van der Waals surface area contributed by atoms with Crippen LogP contribution in [-0.2, 0) is 6.54 Å². The lowest BCUT2D eigenvalue weighted by Crippen LogP contribution is -2.24. The Morgan fingerprint density at radius 1 is 1.20 bits per heavy atom. The van der Waals surface area contributed by atoms with Crippen molar-refractivity contribution in [1.82, 2.24) is 14.0 Å². The summed E-state index contributed by atoms with van der Waals surface area (Å²) in [7, 11) is 0. The van der Waals surface area contributed by atoms with Crippen molar-refractivity contribution in [3.05, 3.63) is 57.1 Å². The molecule has 0 saturated heterocycles. The van der Waals surface area contributed by atoms with Gasteiger partial charge < -0.3 is 4.57 Å². The average Bonchev–Trinajstić information content (AvgIpc) is 3.04. The molecule has 0 fully saturated rings. The fraction of sp³-hybridized carbons (Fsp3) is 0.316. The van der Waals surface area contributed by atoms with Gasteiger partial charge >= 0.3 is 0 Å². The summed E-state index contributed by atoms with van der Waals surface area (Å²) < 4.78 is 3.42. The number of imidazole rings is 1. The zero-order valence-electron chi connectivity index (χ0n) is 14.3. The highest BCUT2D eigenvalue weighted by atomic mass is 35.5. The van der Waals surface area contributed by atoms with E-state index in [0.717, 1.165) is 31.4 Å². The molecule has 0 atom stereocenters. The number of aldehydes is 1. The van der Waals surface area contributed by atoms with Crippen LogP contribution in [0.4, 0.5) is 0 Å². The maximum atomic E-state index is 12.6. The van der Waals surface area contributed by atoms with Gasteiger partial charge in [-0.25, -0.2) is 4.98 Å². The largest absolute Gasteiger partial charge is 0.315 e. The number of aromatic nitrogens is 3. The van der Waals surface area contributed by atoms with Crippen molar-refractivity contribution in [2.45, 2.75) is 39.7 Å². The van der Waals surface area contributed by atoms with E-state index in [1.807, 2.05) is 16.7 Å².